The summed E-state index contributed by atoms with van der Waals surface area (Å²) in [6, 6.07) is 18.6. The summed E-state index contributed by atoms with van der Waals surface area (Å²) in [5, 5.41) is 9.43. The summed E-state index contributed by atoms with van der Waals surface area (Å²) in [7, 11) is 0. The minimum Gasteiger partial charge on any atom is -0.481 e. The Balaban J connectivity index is 1.37. The lowest BCUT2D eigenvalue weighted by Gasteiger charge is -2.34. The van der Waals surface area contributed by atoms with Gasteiger partial charge in [-0.15, -0.1) is 0 Å². The van der Waals surface area contributed by atoms with Crippen LogP contribution >= 0.6 is 0 Å². The van der Waals surface area contributed by atoms with Gasteiger partial charge >= 0.3 is 0 Å². The largest absolute Gasteiger partial charge is 0.481 e. The number of ether oxygens (including phenoxy) is 1. The van der Waals surface area contributed by atoms with Crippen LogP contribution in [0.3, 0.4) is 0 Å². The van der Waals surface area contributed by atoms with E-state index >= 15 is 0 Å². The van der Waals surface area contributed by atoms with Crippen LogP contribution in [0.5, 0.6) is 5.75 Å². The average molecular weight is 392 g/mol. The first-order valence-electron chi connectivity index (χ1n) is 9.51. The molecule has 0 N–H and O–H groups in total. The maximum atomic E-state index is 13.7. The van der Waals surface area contributed by atoms with Crippen molar-refractivity contribution in [3.05, 3.63) is 77.6 Å². The summed E-state index contributed by atoms with van der Waals surface area (Å²) in [5.41, 5.74) is 1.51. The predicted octanol–water partition coefficient (Wildman–Crippen LogP) is 3.59. The van der Waals surface area contributed by atoms with E-state index < -0.39 is 5.82 Å². The van der Waals surface area contributed by atoms with Crippen molar-refractivity contribution in [1.29, 1.82) is 5.26 Å². The van der Waals surface area contributed by atoms with E-state index in [4.69, 9.17) is 9.15 Å². The Hall–Kier alpha value is -3.37. The molecular weight excluding hydrogens is 371 g/mol. The van der Waals surface area contributed by atoms with Crippen molar-refractivity contribution in [3.63, 3.8) is 0 Å². The van der Waals surface area contributed by atoms with Gasteiger partial charge in [-0.25, -0.2) is 4.39 Å². The Morgan fingerprint density at radius 3 is 2.48 bits per heavy atom. The first kappa shape index (κ1) is 19.0. The van der Waals surface area contributed by atoms with Crippen molar-refractivity contribution >= 4 is 5.88 Å². The first-order chi connectivity index (χ1) is 14.2. The second-order valence-corrected chi connectivity index (χ2v) is 6.84. The smallest absolute Gasteiger partial charge is 0.236 e. The van der Waals surface area contributed by atoms with E-state index in [1.54, 1.807) is 12.1 Å². The highest BCUT2D eigenvalue weighted by molar-refractivity contribution is 5.48. The molecule has 0 amide bonds. The van der Waals surface area contributed by atoms with Gasteiger partial charge in [-0.05, 0) is 17.7 Å². The zero-order chi connectivity index (χ0) is 20.1. The quantitative estimate of drug-likeness (QED) is 0.639. The molecule has 2 heterocycles. The number of halogens is 1. The summed E-state index contributed by atoms with van der Waals surface area (Å²) in [6.45, 7) is 4.07. The van der Waals surface area contributed by atoms with E-state index in [1.807, 2.05) is 23.1 Å². The molecule has 0 unspecified atom stereocenters. The van der Waals surface area contributed by atoms with Crippen molar-refractivity contribution in [2.45, 2.75) is 13.2 Å². The summed E-state index contributed by atoms with van der Waals surface area (Å²) in [4.78, 5) is 8.60. The molecule has 0 radical (unpaired) electrons. The van der Waals surface area contributed by atoms with E-state index in [-0.39, 0.29) is 23.9 Å². The molecule has 1 aromatic heterocycles. The van der Waals surface area contributed by atoms with Gasteiger partial charge in [-0.3, -0.25) is 4.90 Å². The molecule has 2 aromatic carbocycles. The average Bonchev–Trinajstić information content (AvgIpc) is 3.18. The molecule has 0 saturated carbocycles. The zero-order valence-corrected chi connectivity index (χ0v) is 15.9. The predicted molar refractivity (Wildman–Crippen MR) is 106 cm³/mol. The van der Waals surface area contributed by atoms with Gasteiger partial charge in [0.25, 0.3) is 0 Å². The lowest BCUT2D eigenvalue weighted by molar-refractivity contribution is 0.237. The molecule has 0 aliphatic carbocycles. The number of hydrogen-bond donors (Lipinski definition) is 0. The van der Waals surface area contributed by atoms with Crippen LogP contribution in [0.1, 0.15) is 17.1 Å². The molecule has 148 valence electrons. The molecule has 0 spiro atoms. The molecule has 3 aromatic rings. The van der Waals surface area contributed by atoms with Gasteiger partial charge in [0.15, 0.2) is 18.2 Å². The van der Waals surface area contributed by atoms with Gasteiger partial charge < -0.3 is 14.1 Å². The lowest BCUT2D eigenvalue weighted by Crippen LogP contribution is -2.46. The van der Waals surface area contributed by atoms with Crippen LogP contribution in [-0.2, 0) is 13.2 Å². The molecule has 29 heavy (non-hydrogen) atoms. The van der Waals surface area contributed by atoms with Gasteiger partial charge in [-0.2, -0.15) is 10.2 Å². The minimum absolute atomic E-state index is 0.0381. The van der Waals surface area contributed by atoms with Crippen LogP contribution in [0.25, 0.3) is 0 Å². The summed E-state index contributed by atoms with van der Waals surface area (Å²) in [5.74, 6) is 0.389. The number of nitriles is 1. The normalized spacial score (nSPS) is 14.6. The number of piperazine rings is 1. The Kier molecular flexibility index (Phi) is 5.73. The van der Waals surface area contributed by atoms with Crippen molar-refractivity contribution in [2.75, 3.05) is 31.1 Å². The van der Waals surface area contributed by atoms with Crippen LogP contribution in [0.15, 0.2) is 59.0 Å². The van der Waals surface area contributed by atoms with E-state index in [1.165, 1.54) is 17.7 Å². The third kappa shape index (κ3) is 4.55. The van der Waals surface area contributed by atoms with Gasteiger partial charge in [0.05, 0.1) is 0 Å². The molecule has 6 nitrogen and oxygen atoms in total. The van der Waals surface area contributed by atoms with Crippen LogP contribution in [0.2, 0.25) is 0 Å². The summed E-state index contributed by atoms with van der Waals surface area (Å²) < 4.78 is 24.9. The maximum Gasteiger partial charge on any atom is 0.236 e. The fourth-order valence-electron chi connectivity index (χ4n) is 3.36. The molecule has 0 atom stereocenters. The van der Waals surface area contributed by atoms with Gasteiger partial charge in [0.2, 0.25) is 17.5 Å². The number of para-hydroxylation sites is 1. The van der Waals surface area contributed by atoms with E-state index in [0.717, 1.165) is 32.7 Å². The van der Waals surface area contributed by atoms with Gasteiger partial charge in [-0.1, -0.05) is 42.5 Å². The van der Waals surface area contributed by atoms with Gasteiger partial charge in [0, 0.05) is 32.7 Å². The zero-order valence-electron chi connectivity index (χ0n) is 15.9. The summed E-state index contributed by atoms with van der Waals surface area (Å²) in [6.07, 6.45) is 0. The van der Waals surface area contributed by atoms with Crippen LogP contribution in [0, 0.1) is 17.1 Å². The number of nitrogens with zero attached hydrogens (tertiary/aromatic N) is 4. The number of rotatable bonds is 6. The van der Waals surface area contributed by atoms with Crippen molar-refractivity contribution in [2.24, 2.45) is 0 Å². The topological polar surface area (TPSA) is 65.5 Å². The highest BCUT2D eigenvalue weighted by Gasteiger charge is 2.24. The molecule has 1 aliphatic rings. The standard InChI is InChI=1S/C22H21FN4O2/c23-18-8-4-5-9-20(18)28-16-21-25-19(14-24)22(29-21)27-12-10-26(11-13-27)15-17-6-2-1-3-7-17/h1-9H,10-13,15-16H2. The number of anilines is 1. The van der Waals surface area contributed by atoms with Crippen molar-refractivity contribution in [3.8, 4) is 11.8 Å². The number of aromatic nitrogens is 1. The molecule has 1 saturated heterocycles. The number of oxazole rings is 1. The molecule has 4 rings (SSSR count). The maximum absolute atomic E-state index is 13.7. The van der Waals surface area contributed by atoms with E-state index in [2.05, 4.69) is 28.1 Å². The highest BCUT2D eigenvalue weighted by Crippen LogP contribution is 2.25. The fourth-order valence-corrected chi connectivity index (χ4v) is 3.36. The van der Waals surface area contributed by atoms with Crippen LogP contribution in [-0.4, -0.2) is 36.1 Å². The molecular formula is C22H21FN4O2. The second-order valence-electron chi connectivity index (χ2n) is 6.84. The van der Waals surface area contributed by atoms with Crippen LogP contribution in [0.4, 0.5) is 10.3 Å². The number of benzene rings is 2. The van der Waals surface area contributed by atoms with E-state index in [0.29, 0.717) is 5.88 Å². The van der Waals surface area contributed by atoms with Crippen molar-refractivity contribution in [1.82, 2.24) is 9.88 Å². The van der Waals surface area contributed by atoms with Gasteiger partial charge in [0.1, 0.15) is 6.07 Å². The van der Waals surface area contributed by atoms with Crippen molar-refractivity contribution < 1.29 is 13.5 Å². The molecule has 1 fully saturated rings. The third-order valence-corrected chi connectivity index (χ3v) is 4.86. The number of hydrogen-bond acceptors (Lipinski definition) is 6. The minimum atomic E-state index is -0.450. The fraction of sp³-hybridized carbons (Fsp3) is 0.273. The molecule has 7 heteroatoms. The first-order valence-corrected chi connectivity index (χ1v) is 9.51. The Morgan fingerprint density at radius 2 is 1.76 bits per heavy atom. The molecule has 0 bridgehead atoms. The van der Waals surface area contributed by atoms with Crippen LogP contribution < -0.4 is 9.64 Å². The second kappa shape index (κ2) is 8.76. The van der Waals surface area contributed by atoms with E-state index in [9.17, 15) is 9.65 Å². The summed E-state index contributed by atoms with van der Waals surface area (Å²) >= 11 is 0. The lowest BCUT2D eigenvalue weighted by atomic mass is 10.2. The Labute approximate surface area is 168 Å². The monoisotopic (exact) mass is 392 g/mol. The third-order valence-electron chi connectivity index (χ3n) is 4.86. The Bertz CT molecular complexity index is 992. The SMILES string of the molecule is N#Cc1nc(COc2ccccc2F)oc1N1CCN(Cc2ccccc2)CC1. The molecule has 1 aliphatic heterocycles. The Morgan fingerprint density at radius 1 is 1.03 bits per heavy atom. The highest BCUT2D eigenvalue weighted by atomic mass is 19.1.